The van der Waals surface area contributed by atoms with E-state index in [1.54, 1.807) is 185 Å². The predicted molar refractivity (Wildman–Crippen MR) is 515 cm³/mol. The quantitative estimate of drug-likeness (QED) is 0.0277. The number of terminal acetylenes is 1. The topological polar surface area (TPSA) is 316 Å². The van der Waals surface area contributed by atoms with E-state index in [-0.39, 0.29) is 35.0 Å². The molecule has 7 aromatic heterocycles. The Balaban J connectivity index is 0.000000160. The first kappa shape index (κ1) is 97.3. The molecule has 0 aliphatic heterocycles. The second-order valence-corrected chi connectivity index (χ2v) is 31.6. The number of hydrogen-bond donors (Lipinski definition) is 5. The summed E-state index contributed by atoms with van der Waals surface area (Å²) in [6.07, 6.45) is 30.6. The molecule has 15 rings (SSSR count). The Kier molecular flexibility index (Phi) is 34.5. The molecule has 0 saturated carbocycles. The Morgan fingerprint density at radius 1 is 0.353 bits per heavy atom. The molecule has 0 spiro atoms. The first-order chi connectivity index (χ1) is 63.9. The van der Waals surface area contributed by atoms with E-state index in [0.29, 0.717) is 119 Å². The maximum absolute atomic E-state index is 14.2. The first-order valence-electron chi connectivity index (χ1n) is 41.3. The van der Waals surface area contributed by atoms with Crippen LogP contribution in [0.5, 0.6) is 0 Å². The summed E-state index contributed by atoms with van der Waals surface area (Å²) in [4.78, 5) is 119. The first-order valence-corrected chi connectivity index (χ1v) is 42.0. The lowest BCUT2D eigenvalue weighted by atomic mass is 10.1. The molecule has 0 atom stereocenters. The Bertz CT molecular complexity index is 6570. The van der Waals surface area contributed by atoms with Gasteiger partial charge in [0.05, 0.1) is 129 Å². The third-order valence-corrected chi connectivity index (χ3v) is 20.1. The molecule has 8 aromatic carbocycles. The van der Waals surface area contributed by atoms with Crippen LogP contribution in [0.15, 0.2) is 288 Å². The van der Waals surface area contributed by atoms with Gasteiger partial charge in [-0.25, -0.2) is 72.4 Å². The van der Waals surface area contributed by atoms with Gasteiger partial charge in [-0.3, -0.25) is 29.0 Å². The van der Waals surface area contributed by atoms with Gasteiger partial charge in [-0.05, 0) is 197 Å². The number of carbonyl (C=O) groups excluding carboxylic acids is 5. The summed E-state index contributed by atoms with van der Waals surface area (Å²) in [7, 11) is 5.05. The number of aryl methyl sites for hydroxylation is 4. The summed E-state index contributed by atoms with van der Waals surface area (Å²) >= 11 is 13.0. The fourth-order valence-electron chi connectivity index (χ4n) is 12.8. The molecule has 5 N–H and O–H groups in total. The number of nitrogens with zero attached hydrogens (tertiary/aromatic N) is 17. The lowest BCUT2D eigenvalue weighted by Crippen LogP contribution is -2.23. The van der Waals surface area contributed by atoms with E-state index in [9.17, 15) is 41.5 Å². The molecule has 0 bridgehead atoms. The van der Waals surface area contributed by atoms with E-state index < -0.39 is 29.2 Å². The van der Waals surface area contributed by atoms with Crippen molar-refractivity contribution >= 4 is 138 Å². The number of anilines is 15. The Labute approximate surface area is 777 Å². The van der Waals surface area contributed by atoms with Crippen LogP contribution in [0.2, 0.25) is 10.0 Å². The van der Waals surface area contributed by atoms with Gasteiger partial charge in [0.25, 0.3) is 29.5 Å². The van der Waals surface area contributed by atoms with Gasteiger partial charge in [0, 0.05) is 96.8 Å². The summed E-state index contributed by atoms with van der Waals surface area (Å²) in [5.74, 6) is -0.455. The van der Waals surface area contributed by atoms with Gasteiger partial charge < -0.3 is 51.1 Å². The molecule has 0 fully saturated rings. The molecule has 33 heteroatoms. The predicted octanol–water partition coefficient (Wildman–Crippen LogP) is 21.4. The summed E-state index contributed by atoms with van der Waals surface area (Å²) in [6.45, 7) is 17.4. The molecular weight excluding hydrogens is 1740 g/mol. The fraction of sp³-hybridized carbons (Fsp3) is 0.150. The number of amides is 5. The van der Waals surface area contributed by atoms with Crippen molar-refractivity contribution in [2.45, 2.75) is 55.4 Å². The highest BCUT2D eigenvalue weighted by molar-refractivity contribution is 6.34. The van der Waals surface area contributed by atoms with Crippen LogP contribution in [-0.2, 0) is 0 Å². The highest BCUT2D eigenvalue weighted by Crippen LogP contribution is 2.38. The van der Waals surface area contributed by atoms with Crippen LogP contribution >= 0.6 is 23.2 Å². The van der Waals surface area contributed by atoms with Crippen LogP contribution in [0.3, 0.4) is 0 Å². The van der Waals surface area contributed by atoms with E-state index in [1.165, 1.54) is 104 Å². The Morgan fingerprint density at radius 3 is 1.02 bits per heavy atom. The molecule has 0 radical (unpaired) electrons. The SMILES string of the molecule is C#Cc1cccc(C(=O)Nc2ccc(Cl)c(N(CC(C)C)c3cncnc3)c2)c1.Cc1ccc(C(=O)Nc2ccc(F)c(N(C)c3cncnc3)c2)nc1.Cc1ccc(F)c(C(=O)Nc2ccc(F)c(N(C)c3cncnc3)c2)n1.Cc1cccc(C(=O)Nc2ccc(Cl)c(N(CC(C)C)c3cncnc3)c2)c1.Cc1cccc(C(=O)Nc2ccc(F)c(N(C)c3cncnc3)c2)c1. The molecule has 27 nitrogen and oxygen atoms in total. The molecular formula is C100H92Cl2F4N22O5. The minimum absolute atomic E-state index is 0.157. The highest BCUT2D eigenvalue weighted by atomic mass is 35.5. The van der Waals surface area contributed by atoms with Crippen molar-refractivity contribution in [3.05, 3.63) is 377 Å². The normalized spacial score (nSPS) is 10.5. The molecule has 0 unspecified atom stereocenters. The van der Waals surface area contributed by atoms with Crippen molar-refractivity contribution in [1.29, 1.82) is 0 Å². The second-order valence-electron chi connectivity index (χ2n) is 30.7. The molecule has 5 amide bonds. The van der Waals surface area contributed by atoms with E-state index in [1.807, 2.05) is 68.1 Å². The fourth-order valence-corrected chi connectivity index (χ4v) is 13.3. The standard InChI is InChI=1S/C23H21ClN4O.C22H23ClN4O.C19H17FN4O.C18H15F2N5O.C18H16FN5O/c1-4-17-6-5-7-18(10-17)23(29)27-19-8-9-21(24)22(11-19)28(14-16(2)3)20-12-25-15-26-13-20;1-15(2)13-27(19-11-24-14-25-12-19)21-10-18(7-8-20(21)23)26-22(28)17-6-4-5-16(3)9-17;1-13-4-3-5-14(8-13)19(25)23-15-6-7-17(20)18(9-15)24(2)16-10-21-12-22-11-16;1-11-3-5-15(20)17(23-11)18(26)24-12-4-6-14(19)16(7-12)25(2)13-8-21-10-22-9-13;1-12-3-6-16(22-8-12)18(25)23-13-4-5-15(19)17(7-13)24(2)14-9-20-11-21-10-14/h1,5-13,15-16H,14H2,2-3H3,(H,27,29);4-12,14-15H,13H2,1-3H3,(H,26,28);3-12H,1-2H3,(H,23,25);3-10H,1-2H3,(H,24,26);3-11H,1-2H3,(H,23,25). The van der Waals surface area contributed by atoms with Crippen molar-refractivity contribution in [3.8, 4) is 12.3 Å². The minimum atomic E-state index is -0.728. The summed E-state index contributed by atoms with van der Waals surface area (Å²) in [5, 5.41) is 15.1. The lowest BCUT2D eigenvalue weighted by molar-refractivity contribution is 0.101. The lowest BCUT2D eigenvalue weighted by Gasteiger charge is -2.27. The number of halogens is 6. The minimum Gasteiger partial charge on any atom is -0.340 e. The zero-order chi connectivity index (χ0) is 95.2. The third kappa shape index (κ3) is 27.8. The molecule has 0 saturated heterocycles. The molecule has 0 aliphatic carbocycles. The number of nitrogens with one attached hydrogen (secondary N) is 5. The van der Waals surface area contributed by atoms with Crippen LogP contribution in [-0.4, -0.2) is 124 Å². The number of hydrogen-bond acceptors (Lipinski definition) is 22. The van der Waals surface area contributed by atoms with Gasteiger partial charge in [0.15, 0.2) is 11.5 Å². The third-order valence-electron chi connectivity index (χ3n) is 19.5. The van der Waals surface area contributed by atoms with Crippen molar-refractivity contribution in [2.24, 2.45) is 11.8 Å². The monoisotopic (exact) mass is 1830 g/mol. The van der Waals surface area contributed by atoms with Crippen LogP contribution < -0.4 is 51.1 Å². The number of carbonyl (C=O) groups is 5. The zero-order valence-corrected chi connectivity index (χ0v) is 75.7. The average Bonchev–Trinajstić information content (AvgIpc) is 0.819. The highest BCUT2D eigenvalue weighted by Gasteiger charge is 2.23. The second kappa shape index (κ2) is 47.1. The van der Waals surface area contributed by atoms with Gasteiger partial charge in [0.2, 0.25) is 0 Å². The summed E-state index contributed by atoms with van der Waals surface area (Å²) in [5.41, 5.74) is 14.3. The maximum Gasteiger partial charge on any atom is 0.277 e. The molecule has 674 valence electrons. The number of rotatable bonds is 24. The van der Waals surface area contributed by atoms with Gasteiger partial charge in [0.1, 0.15) is 54.8 Å². The number of benzene rings is 8. The van der Waals surface area contributed by atoms with Gasteiger partial charge in [-0.2, -0.15) is 0 Å². The van der Waals surface area contributed by atoms with Gasteiger partial charge in [-0.1, -0.05) is 104 Å². The van der Waals surface area contributed by atoms with E-state index in [0.717, 1.165) is 46.0 Å². The van der Waals surface area contributed by atoms with Crippen LogP contribution in [0.1, 0.15) is 108 Å². The maximum atomic E-state index is 14.2. The van der Waals surface area contributed by atoms with Crippen LogP contribution in [0.4, 0.5) is 103 Å². The van der Waals surface area contributed by atoms with Crippen LogP contribution in [0, 0.1) is 75.1 Å². The van der Waals surface area contributed by atoms with Crippen molar-refractivity contribution < 1.29 is 41.5 Å². The molecule has 0 aliphatic rings. The summed E-state index contributed by atoms with van der Waals surface area (Å²) < 4.78 is 56.5. The van der Waals surface area contributed by atoms with Crippen LogP contribution in [0.25, 0.3) is 0 Å². The van der Waals surface area contributed by atoms with Crippen molar-refractivity contribution in [3.63, 3.8) is 0 Å². The largest absolute Gasteiger partial charge is 0.340 e. The van der Waals surface area contributed by atoms with E-state index in [2.05, 4.69) is 125 Å². The van der Waals surface area contributed by atoms with Crippen molar-refractivity contribution in [2.75, 3.05) is 85.3 Å². The van der Waals surface area contributed by atoms with Gasteiger partial charge >= 0.3 is 0 Å². The molecule has 7 heterocycles. The number of pyridine rings is 2. The Morgan fingerprint density at radius 2 is 0.677 bits per heavy atom. The van der Waals surface area contributed by atoms with E-state index in [4.69, 9.17) is 29.6 Å². The number of aromatic nitrogens is 12. The van der Waals surface area contributed by atoms with Crippen molar-refractivity contribution in [1.82, 2.24) is 59.8 Å². The zero-order valence-electron chi connectivity index (χ0n) is 74.2. The molecule has 133 heavy (non-hydrogen) atoms. The van der Waals surface area contributed by atoms with E-state index >= 15 is 0 Å². The average molecular weight is 1830 g/mol. The summed E-state index contributed by atoms with van der Waals surface area (Å²) in [6, 6.07) is 51.5. The Hall–Kier alpha value is -16.3. The molecule has 15 aromatic rings. The smallest absolute Gasteiger partial charge is 0.277 e. The van der Waals surface area contributed by atoms with Gasteiger partial charge in [-0.15, -0.1) is 6.42 Å².